The summed E-state index contributed by atoms with van der Waals surface area (Å²) in [6.45, 7) is 0.703. The molecule has 26 heavy (non-hydrogen) atoms. The van der Waals surface area contributed by atoms with E-state index in [9.17, 15) is 14.1 Å². The second-order valence-corrected chi connectivity index (χ2v) is 8.62. The lowest BCUT2D eigenvalue weighted by Crippen LogP contribution is -2.25. The second kappa shape index (κ2) is 7.26. The molecule has 1 saturated heterocycles. The Morgan fingerprint density at radius 1 is 1.38 bits per heavy atom. The number of carbonyl (C=O) groups excluding carboxylic acids is 1. The van der Waals surface area contributed by atoms with Gasteiger partial charge >= 0.3 is 0 Å². The van der Waals surface area contributed by atoms with Gasteiger partial charge in [0.25, 0.3) is 0 Å². The first-order valence-electron chi connectivity index (χ1n) is 7.79. The van der Waals surface area contributed by atoms with E-state index in [2.05, 4.69) is 9.46 Å². The number of aryl methyl sites for hydroxylation is 1. The molecule has 0 unspecified atom stereocenters. The number of methoxy groups -OCH3 is 1. The second-order valence-electron chi connectivity index (χ2n) is 5.70. The average Bonchev–Trinajstić information content (AvgIpc) is 2.96. The van der Waals surface area contributed by atoms with Crippen LogP contribution in [0, 0.1) is 0 Å². The van der Waals surface area contributed by atoms with Crippen molar-refractivity contribution in [2.45, 2.75) is 0 Å². The molecular weight excluding hydrogens is 382 g/mol. The number of hydrogen-bond donors (Lipinski definition) is 1. The minimum Gasteiger partial charge on any atom is -0.494 e. The number of ether oxygens (including phenoxy) is 2. The highest BCUT2D eigenvalue weighted by atomic mass is 35.5. The number of aromatic nitrogens is 2. The zero-order valence-electron chi connectivity index (χ0n) is 14.3. The van der Waals surface area contributed by atoms with Crippen molar-refractivity contribution in [1.29, 1.82) is 0 Å². The molecule has 0 atom stereocenters. The lowest BCUT2D eigenvalue weighted by molar-refractivity contribution is 0.103. The standard InChI is InChI=1S/C16H18ClN3O5S/c1-20-16(22)11(9-18-20)15(21)10-3-4-12(24-2)14(13(10)17)19-26(23)7-5-25-6-8-26/h3-4,9,22H,5-8H2,1-2H3. The summed E-state index contributed by atoms with van der Waals surface area (Å²) in [4.78, 5) is 12.8. The van der Waals surface area contributed by atoms with Gasteiger partial charge in [-0.05, 0) is 12.1 Å². The molecule has 1 aromatic carbocycles. The number of ketones is 1. The SMILES string of the molecule is COc1ccc(C(=O)c2cnn(C)c2O)c(Cl)c1N=S1(=O)CCOCC1. The Morgan fingerprint density at radius 2 is 2.08 bits per heavy atom. The van der Waals surface area contributed by atoms with Crippen molar-refractivity contribution < 1.29 is 23.6 Å². The van der Waals surface area contributed by atoms with Gasteiger partial charge in [0.15, 0.2) is 0 Å². The molecular formula is C16H18ClN3O5S. The van der Waals surface area contributed by atoms with Crippen LogP contribution in [-0.4, -0.2) is 56.7 Å². The summed E-state index contributed by atoms with van der Waals surface area (Å²) >= 11 is 6.42. The molecule has 140 valence electrons. The van der Waals surface area contributed by atoms with Gasteiger partial charge in [-0.3, -0.25) is 4.79 Å². The molecule has 2 heterocycles. The van der Waals surface area contributed by atoms with Crippen LogP contribution in [0.1, 0.15) is 15.9 Å². The predicted octanol–water partition coefficient (Wildman–Crippen LogP) is 2.15. The molecule has 1 aliphatic rings. The van der Waals surface area contributed by atoms with Crippen molar-refractivity contribution in [1.82, 2.24) is 9.78 Å². The zero-order chi connectivity index (χ0) is 18.9. The summed E-state index contributed by atoms with van der Waals surface area (Å²) in [5.74, 6) is 0.107. The van der Waals surface area contributed by atoms with Gasteiger partial charge < -0.3 is 14.6 Å². The first kappa shape index (κ1) is 18.7. The minimum absolute atomic E-state index is 0.0146. The molecule has 1 N–H and O–H groups in total. The van der Waals surface area contributed by atoms with Crippen molar-refractivity contribution in [2.24, 2.45) is 11.4 Å². The molecule has 0 spiro atoms. The molecule has 1 aromatic heterocycles. The van der Waals surface area contributed by atoms with E-state index in [-0.39, 0.29) is 39.2 Å². The summed E-state index contributed by atoms with van der Waals surface area (Å²) < 4.78 is 28.9. The first-order valence-corrected chi connectivity index (χ1v) is 10.0. The van der Waals surface area contributed by atoms with Gasteiger partial charge in [-0.15, -0.1) is 0 Å². The fraction of sp³-hybridized carbons (Fsp3) is 0.375. The summed E-state index contributed by atoms with van der Waals surface area (Å²) in [6, 6.07) is 3.01. The Bertz CT molecular complexity index is 967. The van der Waals surface area contributed by atoms with Crippen molar-refractivity contribution in [2.75, 3.05) is 31.8 Å². The lowest BCUT2D eigenvalue weighted by atomic mass is 10.0. The van der Waals surface area contributed by atoms with E-state index in [1.54, 1.807) is 0 Å². The summed E-state index contributed by atoms with van der Waals surface area (Å²) in [5, 5.41) is 13.8. The number of aromatic hydroxyl groups is 1. The summed E-state index contributed by atoms with van der Waals surface area (Å²) in [6.07, 6.45) is 1.26. The van der Waals surface area contributed by atoms with Gasteiger partial charge in [0.05, 0.1) is 52.8 Å². The van der Waals surface area contributed by atoms with Crippen LogP contribution in [0.25, 0.3) is 0 Å². The zero-order valence-corrected chi connectivity index (χ0v) is 15.8. The average molecular weight is 400 g/mol. The maximum absolute atomic E-state index is 12.9. The molecule has 1 fully saturated rings. The topological polar surface area (TPSA) is 103 Å². The van der Waals surface area contributed by atoms with Crippen LogP contribution >= 0.6 is 11.6 Å². The molecule has 8 nitrogen and oxygen atoms in total. The normalized spacial score (nSPS) is 16.3. The van der Waals surface area contributed by atoms with Crippen LogP contribution in [0.5, 0.6) is 11.6 Å². The third kappa shape index (κ3) is 3.42. The first-order chi connectivity index (χ1) is 12.4. The fourth-order valence-electron chi connectivity index (χ4n) is 2.55. The number of rotatable bonds is 4. The van der Waals surface area contributed by atoms with Gasteiger partial charge in [-0.25, -0.2) is 8.89 Å². The molecule has 1 aliphatic heterocycles. The number of nitrogens with zero attached hydrogens (tertiary/aromatic N) is 3. The van der Waals surface area contributed by atoms with Crippen molar-refractivity contribution in [3.8, 4) is 11.6 Å². The third-order valence-electron chi connectivity index (χ3n) is 4.05. The quantitative estimate of drug-likeness (QED) is 0.790. The lowest BCUT2D eigenvalue weighted by Gasteiger charge is -2.17. The van der Waals surface area contributed by atoms with Crippen LogP contribution in [0.2, 0.25) is 5.02 Å². The molecule has 0 saturated carbocycles. The van der Waals surface area contributed by atoms with E-state index in [0.717, 1.165) is 0 Å². The van der Waals surface area contributed by atoms with E-state index < -0.39 is 15.5 Å². The third-order valence-corrected chi connectivity index (χ3v) is 6.55. The van der Waals surface area contributed by atoms with Crippen molar-refractivity contribution in [3.05, 3.63) is 34.5 Å². The molecule has 0 bridgehead atoms. The Kier molecular flexibility index (Phi) is 5.22. The van der Waals surface area contributed by atoms with Gasteiger partial charge in [-0.2, -0.15) is 9.46 Å². The Morgan fingerprint density at radius 3 is 2.65 bits per heavy atom. The Hall–Kier alpha value is -2.10. The monoisotopic (exact) mass is 399 g/mol. The Labute approximate surface area is 155 Å². The highest BCUT2D eigenvalue weighted by Crippen LogP contribution is 2.40. The predicted molar refractivity (Wildman–Crippen MR) is 97.1 cm³/mol. The van der Waals surface area contributed by atoms with Gasteiger partial charge in [0.1, 0.15) is 17.0 Å². The number of benzene rings is 1. The highest BCUT2D eigenvalue weighted by Gasteiger charge is 2.24. The van der Waals surface area contributed by atoms with E-state index in [0.29, 0.717) is 19.0 Å². The van der Waals surface area contributed by atoms with Crippen LogP contribution in [0.15, 0.2) is 22.7 Å². The van der Waals surface area contributed by atoms with E-state index in [4.69, 9.17) is 21.1 Å². The van der Waals surface area contributed by atoms with Gasteiger partial charge in [0, 0.05) is 12.6 Å². The van der Waals surface area contributed by atoms with Crippen LogP contribution in [-0.2, 0) is 21.5 Å². The summed E-state index contributed by atoms with van der Waals surface area (Å²) in [7, 11) is 0.401. The van der Waals surface area contributed by atoms with Crippen LogP contribution in [0.3, 0.4) is 0 Å². The molecule has 3 rings (SSSR count). The summed E-state index contributed by atoms with van der Waals surface area (Å²) in [5.41, 5.74) is 0.292. The smallest absolute Gasteiger partial charge is 0.220 e. The van der Waals surface area contributed by atoms with E-state index >= 15 is 0 Å². The van der Waals surface area contributed by atoms with Gasteiger partial charge in [0.2, 0.25) is 11.7 Å². The number of hydrogen-bond acceptors (Lipinski definition) is 7. The number of halogens is 1. The molecule has 2 aromatic rings. The number of carbonyl (C=O) groups is 1. The largest absolute Gasteiger partial charge is 0.494 e. The maximum Gasteiger partial charge on any atom is 0.220 e. The Balaban J connectivity index is 2.12. The van der Waals surface area contributed by atoms with E-state index in [1.807, 2.05) is 0 Å². The fourth-order valence-corrected chi connectivity index (χ4v) is 4.54. The van der Waals surface area contributed by atoms with Gasteiger partial charge in [-0.1, -0.05) is 11.6 Å². The molecule has 0 radical (unpaired) electrons. The maximum atomic E-state index is 12.9. The van der Waals surface area contributed by atoms with Crippen molar-refractivity contribution >= 4 is 32.8 Å². The van der Waals surface area contributed by atoms with Crippen molar-refractivity contribution in [3.63, 3.8) is 0 Å². The molecule has 0 aliphatic carbocycles. The minimum atomic E-state index is -2.55. The van der Waals surface area contributed by atoms with E-state index in [1.165, 1.54) is 37.2 Å². The molecule has 10 heteroatoms. The van der Waals surface area contributed by atoms with Crippen LogP contribution in [0.4, 0.5) is 5.69 Å². The van der Waals surface area contributed by atoms with Crippen LogP contribution < -0.4 is 4.74 Å². The molecule has 0 amide bonds. The highest BCUT2D eigenvalue weighted by molar-refractivity contribution is 7.93.